The van der Waals surface area contributed by atoms with Crippen LogP contribution in [0, 0.1) is 6.92 Å². The van der Waals surface area contributed by atoms with Crippen molar-refractivity contribution in [3.8, 4) is 17.2 Å². The Morgan fingerprint density at radius 3 is 2.42 bits per heavy atom. The fourth-order valence-electron chi connectivity index (χ4n) is 3.27. The average Bonchev–Trinajstić information content (AvgIpc) is 2.82. The molecule has 1 atom stereocenters. The summed E-state index contributed by atoms with van der Waals surface area (Å²) in [4.78, 5) is 39.5. The molecule has 0 fully saturated rings. The first-order valence-electron chi connectivity index (χ1n) is 10.6. The number of methoxy groups -OCH3 is 2. The van der Waals surface area contributed by atoms with Crippen LogP contribution in [0.25, 0.3) is 5.69 Å². The molecule has 1 amide bonds. The van der Waals surface area contributed by atoms with Crippen molar-refractivity contribution in [2.45, 2.75) is 39.8 Å². The molecule has 0 saturated heterocycles. The third-order valence-electron chi connectivity index (χ3n) is 5.47. The van der Waals surface area contributed by atoms with Crippen molar-refractivity contribution in [3.05, 3.63) is 80.1 Å². The summed E-state index contributed by atoms with van der Waals surface area (Å²) in [5.41, 5.74) is 0.252. The van der Waals surface area contributed by atoms with Crippen molar-refractivity contribution < 1.29 is 14.3 Å². The largest absolute Gasteiger partial charge is 0.493 e. The molecular formula is C24H28N4O5. The molecule has 0 aliphatic heterocycles. The summed E-state index contributed by atoms with van der Waals surface area (Å²) in [6.45, 7) is 5.64. The molecule has 1 heterocycles. The molecule has 1 aromatic heterocycles. The van der Waals surface area contributed by atoms with Gasteiger partial charge in [0.15, 0.2) is 11.5 Å². The van der Waals surface area contributed by atoms with Gasteiger partial charge in [-0.1, -0.05) is 31.2 Å². The molecule has 0 spiro atoms. The molecule has 0 unspecified atom stereocenters. The highest BCUT2D eigenvalue weighted by Crippen LogP contribution is 2.28. The van der Waals surface area contributed by atoms with E-state index in [0.717, 1.165) is 20.4 Å². The Bertz CT molecular complexity index is 1280. The molecular weight excluding hydrogens is 424 g/mol. The summed E-state index contributed by atoms with van der Waals surface area (Å²) in [5, 5.41) is 6.90. The van der Waals surface area contributed by atoms with Crippen LogP contribution in [0.4, 0.5) is 0 Å². The molecule has 3 rings (SSSR count). The van der Waals surface area contributed by atoms with Crippen LogP contribution in [-0.2, 0) is 6.54 Å². The number of nitrogens with one attached hydrogen (secondary N) is 1. The van der Waals surface area contributed by atoms with Gasteiger partial charge in [-0.2, -0.15) is 9.78 Å². The van der Waals surface area contributed by atoms with Gasteiger partial charge in [0.05, 0.1) is 26.5 Å². The lowest BCUT2D eigenvalue weighted by molar-refractivity contribution is 0.0929. The normalized spacial score (nSPS) is 11.7. The van der Waals surface area contributed by atoms with Gasteiger partial charge in [-0.15, -0.1) is 0 Å². The molecule has 0 aliphatic rings. The van der Waals surface area contributed by atoms with E-state index in [-0.39, 0.29) is 18.3 Å². The number of carbonyl (C=O) groups excluding carboxylic acids is 1. The number of aryl methyl sites for hydroxylation is 1. The van der Waals surface area contributed by atoms with Gasteiger partial charge in [0.2, 0.25) is 5.69 Å². The topological polar surface area (TPSA) is 104 Å². The number of rotatable bonds is 8. The number of nitrogens with zero attached hydrogens (tertiary/aromatic N) is 3. The lowest BCUT2D eigenvalue weighted by Gasteiger charge is -2.15. The first-order chi connectivity index (χ1) is 15.8. The van der Waals surface area contributed by atoms with E-state index in [2.05, 4.69) is 10.4 Å². The second kappa shape index (κ2) is 10.2. The summed E-state index contributed by atoms with van der Waals surface area (Å²) in [6.07, 6.45) is 0.679. The van der Waals surface area contributed by atoms with Gasteiger partial charge in [-0.3, -0.25) is 14.2 Å². The fraction of sp³-hybridized carbons (Fsp3) is 0.333. The zero-order chi connectivity index (χ0) is 24.1. The van der Waals surface area contributed by atoms with E-state index < -0.39 is 17.2 Å². The van der Waals surface area contributed by atoms with Crippen molar-refractivity contribution in [1.29, 1.82) is 0 Å². The molecule has 3 aromatic rings. The number of benzene rings is 2. The summed E-state index contributed by atoms with van der Waals surface area (Å²) in [5.74, 6) is 0.213. The summed E-state index contributed by atoms with van der Waals surface area (Å²) in [6, 6.07) is 12.1. The van der Waals surface area contributed by atoms with E-state index >= 15 is 0 Å². The van der Waals surface area contributed by atoms with E-state index in [4.69, 9.17) is 9.47 Å². The fourth-order valence-corrected chi connectivity index (χ4v) is 3.27. The number of amides is 1. The standard InChI is InChI=1S/C24H28N4O5/c1-6-16(3)25-22(29)21-23(30)27(14-17-10-8-7-9-15(17)2)24(31)28(26-21)18-11-12-19(32-4)20(13-18)33-5/h7-13,16H,6,14H2,1-5H3,(H,25,29)/t16-/m1/s1. The van der Waals surface area contributed by atoms with E-state index in [0.29, 0.717) is 23.6 Å². The van der Waals surface area contributed by atoms with Crippen molar-refractivity contribution in [1.82, 2.24) is 19.7 Å². The number of aromatic nitrogens is 3. The predicted molar refractivity (Wildman–Crippen MR) is 125 cm³/mol. The first kappa shape index (κ1) is 23.8. The Labute approximate surface area is 191 Å². The number of hydrogen-bond acceptors (Lipinski definition) is 6. The molecule has 2 aromatic carbocycles. The molecule has 0 saturated carbocycles. The van der Waals surface area contributed by atoms with Crippen LogP contribution in [0.3, 0.4) is 0 Å². The quantitative estimate of drug-likeness (QED) is 0.562. The Kier molecular flexibility index (Phi) is 7.32. The van der Waals surface area contributed by atoms with Gasteiger partial charge >= 0.3 is 5.69 Å². The lowest BCUT2D eigenvalue weighted by Crippen LogP contribution is -2.47. The highest BCUT2D eigenvalue weighted by atomic mass is 16.5. The first-order valence-corrected chi connectivity index (χ1v) is 10.6. The second-order valence-corrected chi connectivity index (χ2v) is 7.68. The molecule has 0 bridgehead atoms. The van der Waals surface area contributed by atoms with Gasteiger partial charge in [-0.25, -0.2) is 4.79 Å². The Balaban J connectivity index is 2.24. The lowest BCUT2D eigenvalue weighted by atomic mass is 10.1. The number of carbonyl (C=O) groups is 1. The van der Waals surface area contributed by atoms with Crippen LogP contribution < -0.4 is 26.0 Å². The van der Waals surface area contributed by atoms with Crippen LogP contribution in [-0.4, -0.2) is 40.5 Å². The molecule has 9 heteroatoms. The van der Waals surface area contributed by atoms with Crippen LogP contribution >= 0.6 is 0 Å². The molecule has 1 N–H and O–H groups in total. The maximum absolute atomic E-state index is 13.4. The predicted octanol–water partition coefficient (Wildman–Crippen LogP) is 2.30. The van der Waals surface area contributed by atoms with Crippen LogP contribution in [0.1, 0.15) is 41.9 Å². The molecule has 174 valence electrons. The van der Waals surface area contributed by atoms with E-state index in [1.165, 1.54) is 14.2 Å². The van der Waals surface area contributed by atoms with Gasteiger partial charge < -0.3 is 14.8 Å². The number of hydrogen-bond donors (Lipinski definition) is 1. The molecule has 0 radical (unpaired) electrons. The van der Waals surface area contributed by atoms with Crippen LogP contribution in [0.15, 0.2) is 52.1 Å². The number of ether oxygens (including phenoxy) is 2. The van der Waals surface area contributed by atoms with Crippen LogP contribution in [0.2, 0.25) is 0 Å². The van der Waals surface area contributed by atoms with Gasteiger partial charge in [0, 0.05) is 12.1 Å². The third kappa shape index (κ3) is 4.97. The zero-order valence-corrected chi connectivity index (χ0v) is 19.4. The Morgan fingerprint density at radius 2 is 1.79 bits per heavy atom. The van der Waals surface area contributed by atoms with Crippen molar-refractivity contribution in [2.24, 2.45) is 0 Å². The van der Waals surface area contributed by atoms with Crippen LogP contribution in [0.5, 0.6) is 11.5 Å². The molecule has 0 aliphatic carbocycles. The van der Waals surface area contributed by atoms with Crippen molar-refractivity contribution >= 4 is 5.91 Å². The molecule has 33 heavy (non-hydrogen) atoms. The highest BCUT2D eigenvalue weighted by Gasteiger charge is 2.22. The maximum atomic E-state index is 13.4. The van der Waals surface area contributed by atoms with E-state index in [1.807, 2.05) is 45.0 Å². The zero-order valence-electron chi connectivity index (χ0n) is 19.4. The minimum atomic E-state index is -0.749. The smallest absolute Gasteiger partial charge is 0.352 e. The average molecular weight is 453 g/mol. The van der Waals surface area contributed by atoms with Gasteiger partial charge in [-0.05, 0) is 43.5 Å². The Morgan fingerprint density at radius 1 is 1.09 bits per heavy atom. The van der Waals surface area contributed by atoms with E-state index in [1.54, 1.807) is 18.2 Å². The maximum Gasteiger partial charge on any atom is 0.352 e. The van der Waals surface area contributed by atoms with Gasteiger partial charge in [0.1, 0.15) is 0 Å². The monoisotopic (exact) mass is 452 g/mol. The summed E-state index contributed by atoms with van der Waals surface area (Å²) in [7, 11) is 2.98. The minimum Gasteiger partial charge on any atom is -0.493 e. The third-order valence-corrected chi connectivity index (χ3v) is 5.47. The Hall–Kier alpha value is -3.88. The molecule has 9 nitrogen and oxygen atoms in total. The second-order valence-electron chi connectivity index (χ2n) is 7.68. The van der Waals surface area contributed by atoms with Crippen molar-refractivity contribution in [3.63, 3.8) is 0 Å². The van der Waals surface area contributed by atoms with E-state index in [9.17, 15) is 14.4 Å². The van der Waals surface area contributed by atoms with Crippen molar-refractivity contribution in [2.75, 3.05) is 14.2 Å². The van der Waals surface area contributed by atoms with Gasteiger partial charge in [0.25, 0.3) is 11.5 Å². The highest BCUT2D eigenvalue weighted by molar-refractivity contribution is 5.91. The summed E-state index contributed by atoms with van der Waals surface area (Å²) < 4.78 is 12.7. The summed E-state index contributed by atoms with van der Waals surface area (Å²) >= 11 is 0. The minimum absolute atomic E-state index is 0.00373. The SMILES string of the molecule is CC[C@@H](C)NC(=O)c1nn(-c2ccc(OC)c(OC)c2)c(=O)n(Cc2ccccc2C)c1=O.